The summed E-state index contributed by atoms with van der Waals surface area (Å²) in [6, 6.07) is 19.0. The predicted octanol–water partition coefficient (Wildman–Crippen LogP) is 3.81. The van der Waals surface area contributed by atoms with E-state index in [1.54, 1.807) is 22.0 Å². The molecule has 0 aliphatic carbocycles. The van der Waals surface area contributed by atoms with Crippen LogP contribution in [0.1, 0.15) is 10.4 Å². The van der Waals surface area contributed by atoms with Crippen LogP contribution in [0.15, 0.2) is 76.0 Å². The Kier molecular flexibility index (Phi) is 5.50. The Labute approximate surface area is 191 Å². The number of amides is 1. The highest BCUT2D eigenvalue weighted by atomic mass is 32.2. The molecule has 0 unspecified atom stereocenters. The van der Waals surface area contributed by atoms with E-state index in [4.69, 9.17) is 0 Å². The number of benzene rings is 2. The molecule has 0 saturated carbocycles. The van der Waals surface area contributed by atoms with Gasteiger partial charge in [0.2, 0.25) is 11.7 Å². The number of aryl methyl sites for hydroxylation is 1. The van der Waals surface area contributed by atoms with Crippen LogP contribution < -0.4 is 10.9 Å². The maximum absolute atomic E-state index is 13.3. The fourth-order valence-electron chi connectivity index (χ4n) is 3.48. The van der Waals surface area contributed by atoms with E-state index in [0.29, 0.717) is 34.1 Å². The van der Waals surface area contributed by atoms with Crippen LogP contribution in [-0.4, -0.2) is 30.8 Å². The second kappa shape index (κ2) is 8.60. The number of carbonyl (C=O) groups excluding carboxylic acids is 1. The number of carbonyl (C=O) groups is 1. The van der Waals surface area contributed by atoms with Crippen LogP contribution in [0.4, 0.5) is 0 Å². The first-order valence-corrected chi connectivity index (χ1v) is 11.9. The number of nitrogens with zero attached hydrogens (tertiary/aromatic N) is 4. The third-order valence-electron chi connectivity index (χ3n) is 5.06. The normalized spacial score (nSPS) is 11.3. The SMILES string of the molecule is Cc1ccc(-n2c(=O)c3ccccc3n3c(SCC(=O)NCc4cccs4)nnc23)cc1. The molecule has 160 valence electrons. The highest BCUT2D eigenvalue weighted by molar-refractivity contribution is 7.99. The molecule has 0 bridgehead atoms. The van der Waals surface area contributed by atoms with E-state index < -0.39 is 0 Å². The first-order valence-electron chi connectivity index (χ1n) is 9.99. The van der Waals surface area contributed by atoms with Crippen molar-refractivity contribution >= 4 is 45.7 Å². The zero-order chi connectivity index (χ0) is 22.1. The minimum Gasteiger partial charge on any atom is -0.350 e. The number of rotatable bonds is 6. The van der Waals surface area contributed by atoms with Crippen LogP contribution in [0.5, 0.6) is 0 Å². The van der Waals surface area contributed by atoms with Gasteiger partial charge in [-0.3, -0.25) is 14.0 Å². The van der Waals surface area contributed by atoms with E-state index in [1.165, 1.54) is 11.8 Å². The van der Waals surface area contributed by atoms with Crippen LogP contribution >= 0.6 is 23.1 Å². The summed E-state index contributed by atoms with van der Waals surface area (Å²) in [5, 5.41) is 14.7. The number of hydrogen-bond acceptors (Lipinski definition) is 6. The summed E-state index contributed by atoms with van der Waals surface area (Å²) in [6.07, 6.45) is 0. The molecular formula is C23H19N5O2S2. The summed E-state index contributed by atoms with van der Waals surface area (Å²) in [5.74, 6) is 0.528. The molecule has 2 aromatic carbocycles. The molecule has 0 aliphatic rings. The monoisotopic (exact) mass is 461 g/mol. The summed E-state index contributed by atoms with van der Waals surface area (Å²) in [6.45, 7) is 2.51. The van der Waals surface area contributed by atoms with Crippen molar-refractivity contribution in [3.8, 4) is 5.69 Å². The molecule has 0 radical (unpaired) electrons. The molecule has 0 aliphatic heterocycles. The third-order valence-corrected chi connectivity index (χ3v) is 6.86. The largest absolute Gasteiger partial charge is 0.350 e. The van der Waals surface area contributed by atoms with Crippen molar-refractivity contribution in [3.05, 3.63) is 86.8 Å². The van der Waals surface area contributed by atoms with E-state index in [0.717, 1.165) is 10.4 Å². The Morgan fingerprint density at radius 1 is 1.06 bits per heavy atom. The van der Waals surface area contributed by atoms with Gasteiger partial charge in [0.05, 0.1) is 28.9 Å². The van der Waals surface area contributed by atoms with Crippen LogP contribution in [0.25, 0.3) is 22.4 Å². The summed E-state index contributed by atoms with van der Waals surface area (Å²) in [7, 11) is 0. The molecule has 0 fully saturated rings. The van der Waals surface area contributed by atoms with Crippen LogP contribution in [0, 0.1) is 6.92 Å². The van der Waals surface area contributed by atoms with Crippen molar-refractivity contribution < 1.29 is 4.79 Å². The Morgan fingerprint density at radius 2 is 1.88 bits per heavy atom. The molecule has 0 saturated heterocycles. The van der Waals surface area contributed by atoms with Gasteiger partial charge in [-0.05, 0) is 42.6 Å². The first kappa shape index (κ1) is 20.5. The van der Waals surface area contributed by atoms with Crippen molar-refractivity contribution in [1.29, 1.82) is 0 Å². The first-order chi connectivity index (χ1) is 15.6. The van der Waals surface area contributed by atoms with Gasteiger partial charge in [0.15, 0.2) is 5.16 Å². The van der Waals surface area contributed by atoms with E-state index in [2.05, 4.69) is 15.5 Å². The van der Waals surface area contributed by atoms with Gasteiger partial charge in [-0.1, -0.05) is 47.7 Å². The van der Waals surface area contributed by atoms with Crippen LogP contribution in [-0.2, 0) is 11.3 Å². The highest BCUT2D eigenvalue weighted by Crippen LogP contribution is 2.23. The molecule has 0 atom stereocenters. The lowest BCUT2D eigenvalue weighted by Gasteiger charge is -2.11. The minimum absolute atomic E-state index is 0.0867. The smallest absolute Gasteiger partial charge is 0.267 e. The van der Waals surface area contributed by atoms with Crippen LogP contribution in [0.3, 0.4) is 0 Å². The van der Waals surface area contributed by atoms with Crippen molar-refractivity contribution in [2.45, 2.75) is 18.6 Å². The van der Waals surface area contributed by atoms with E-state index in [1.807, 2.05) is 71.3 Å². The van der Waals surface area contributed by atoms with Gasteiger partial charge in [0.25, 0.3) is 5.56 Å². The maximum Gasteiger partial charge on any atom is 0.267 e. The summed E-state index contributed by atoms with van der Waals surface area (Å²) in [4.78, 5) is 26.8. The summed E-state index contributed by atoms with van der Waals surface area (Å²) < 4.78 is 3.41. The quantitative estimate of drug-likeness (QED) is 0.389. The number of fused-ring (bicyclic) bond motifs is 3. The van der Waals surface area contributed by atoms with Crippen molar-refractivity contribution in [2.75, 3.05) is 5.75 Å². The lowest BCUT2D eigenvalue weighted by molar-refractivity contribution is -0.118. The zero-order valence-corrected chi connectivity index (χ0v) is 18.8. The average molecular weight is 462 g/mol. The number of aromatic nitrogens is 4. The molecule has 9 heteroatoms. The van der Waals surface area contributed by atoms with E-state index >= 15 is 0 Å². The Balaban J connectivity index is 1.53. The zero-order valence-electron chi connectivity index (χ0n) is 17.2. The van der Waals surface area contributed by atoms with Gasteiger partial charge in [-0.15, -0.1) is 21.5 Å². The van der Waals surface area contributed by atoms with Gasteiger partial charge < -0.3 is 5.32 Å². The second-order valence-corrected chi connectivity index (χ2v) is 9.23. The molecule has 5 rings (SSSR count). The average Bonchev–Trinajstić information content (AvgIpc) is 3.48. The second-order valence-electron chi connectivity index (χ2n) is 7.26. The number of nitrogens with one attached hydrogen (secondary N) is 1. The molecule has 0 spiro atoms. The van der Waals surface area contributed by atoms with Gasteiger partial charge in [0, 0.05) is 4.88 Å². The maximum atomic E-state index is 13.3. The number of thioether (sulfide) groups is 1. The fourth-order valence-corrected chi connectivity index (χ4v) is 4.89. The van der Waals surface area contributed by atoms with Gasteiger partial charge in [-0.2, -0.15) is 0 Å². The molecule has 32 heavy (non-hydrogen) atoms. The Bertz CT molecular complexity index is 1470. The lowest BCUT2D eigenvalue weighted by Crippen LogP contribution is -2.24. The Hall–Kier alpha value is -3.43. The van der Waals surface area contributed by atoms with Crippen molar-refractivity contribution in [2.24, 2.45) is 0 Å². The van der Waals surface area contributed by atoms with Gasteiger partial charge >= 0.3 is 0 Å². The van der Waals surface area contributed by atoms with Crippen molar-refractivity contribution in [3.63, 3.8) is 0 Å². The molecule has 3 aromatic heterocycles. The van der Waals surface area contributed by atoms with Crippen molar-refractivity contribution in [1.82, 2.24) is 24.5 Å². The predicted molar refractivity (Wildman–Crippen MR) is 128 cm³/mol. The van der Waals surface area contributed by atoms with E-state index in [9.17, 15) is 9.59 Å². The lowest BCUT2D eigenvalue weighted by atomic mass is 10.2. The molecule has 3 heterocycles. The molecule has 1 N–H and O–H groups in total. The summed E-state index contributed by atoms with van der Waals surface area (Å²) >= 11 is 2.90. The molecular weight excluding hydrogens is 442 g/mol. The molecule has 7 nitrogen and oxygen atoms in total. The van der Waals surface area contributed by atoms with Crippen LogP contribution in [0.2, 0.25) is 0 Å². The fraction of sp³-hybridized carbons (Fsp3) is 0.130. The molecule has 5 aromatic rings. The third kappa shape index (κ3) is 3.80. The molecule has 1 amide bonds. The topological polar surface area (TPSA) is 81.3 Å². The van der Waals surface area contributed by atoms with Gasteiger partial charge in [0.1, 0.15) is 0 Å². The summed E-state index contributed by atoms with van der Waals surface area (Å²) in [5.41, 5.74) is 2.37. The number of para-hydroxylation sites is 1. The highest BCUT2D eigenvalue weighted by Gasteiger charge is 2.18. The van der Waals surface area contributed by atoms with E-state index in [-0.39, 0.29) is 17.2 Å². The minimum atomic E-state index is -0.158. The Morgan fingerprint density at radius 3 is 2.66 bits per heavy atom. The number of hydrogen-bond donors (Lipinski definition) is 1. The number of thiophene rings is 1. The van der Waals surface area contributed by atoms with Gasteiger partial charge in [-0.25, -0.2) is 4.57 Å². The standard InChI is InChI=1S/C23H19N5O2S2/c1-15-8-10-16(11-9-15)27-21(30)18-6-2-3-7-19(18)28-22(27)25-26-23(28)32-14-20(29)24-13-17-5-4-12-31-17/h2-12H,13-14H2,1H3,(H,24,29).